The lowest BCUT2D eigenvalue weighted by atomic mass is 9.96. The SMILES string of the molecule is c1ccc(-c2ccc(-c3nc(-c4ccccc4)nc(-c4cccc5oc6cccc(-c7ccc8c(c7)oc7ccccc78)c6c45)n3)cc2)cc1. The van der Waals surface area contributed by atoms with Crippen molar-refractivity contribution in [1.82, 2.24) is 15.0 Å². The Morgan fingerprint density at radius 2 is 0.780 bits per heavy atom. The van der Waals surface area contributed by atoms with Gasteiger partial charge in [0.1, 0.15) is 22.3 Å². The van der Waals surface area contributed by atoms with Gasteiger partial charge in [0.05, 0.1) is 0 Å². The predicted octanol–water partition coefficient (Wildman–Crippen LogP) is 12.0. The van der Waals surface area contributed by atoms with Crippen molar-refractivity contribution < 1.29 is 8.83 Å². The molecule has 10 rings (SSSR count). The highest BCUT2D eigenvalue weighted by Crippen LogP contribution is 2.42. The molecule has 0 bridgehead atoms. The van der Waals surface area contributed by atoms with E-state index in [2.05, 4.69) is 84.9 Å². The van der Waals surface area contributed by atoms with Crippen LogP contribution in [0.15, 0.2) is 173 Å². The van der Waals surface area contributed by atoms with Crippen LogP contribution in [0.3, 0.4) is 0 Å². The first-order valence-corrected chi connectivity index (χ1v) is 16.6. The van der Waals surface area contributed by atoms with Crippen molar-refractivity contribution in [3.05, 3.63) is 164 Å². The molecule has 0 aliphatic heterocycles. The Bertz CT molecular complexity index is 2850. The molecule has 5 nitrogen and oxygen atoms in total. The molecule has 234 valence electrons. The lowest BCUT2D eigenvalue weighted by molar-refractivity contribution is 0.668. The predicted molar refractivity (Wildman–Crippen MR) is 202 cm³/mol. The van der Waals surface area contributed by atoms with Gasteiger partial charge in [0.15, 0.2) is 17.5 Å². The van der Waals surface area contributed by atoms with E-state index in [1.807, 2.05) is 78.9 Å². The minimum absolute atomic E-state index is 0.580. The standard InChI is InChI=1S/C45H27N3O2/c1-3-11-28(12-4-1)29-21-23-31(24-22-29)44-46-43(30-13-5-2-6-14-30)47-45(48-44)36-17-10-20-39-42(36)41-33(16-9-19-38(41)50-39)32-25-26-35-34-15-7-8-18-37(34)49-40(35)27-32/h1-27H. The summed E-state index contributed by atoms with van der Waals surface area (Å²) in [6.07, 6.45) is 0. The summed E-state index contributed by atoms with van der Waals surface area (Å²) in [7, 11) is 0. The zero-order valence-electron chi connectivity index (χ0n) is 26.7. The maximum atomic E-state index is 6.50. The first kappa shape index (κ1) is 28.2. The first-order chi connectivity index (χ1) is 24.8. The van der Waals surface area contributed by atoms with Crippen molar-refractivity contribution in [2.75, 3.05) is 0 Å². The molecule has 5 heteroatoms. The Hall–Kier alpha value is -6.85. The number of rotatable bonds is 5. The van der Waals surface area contributed by atoms with E-state index >= 15 is 0 Å². The van der Waals surface area contributed by atoms with Gasteiger partial charge in [-0.25, -0.2) is 15.0 Å². The zero-order valence-corrected chi connectivity index (χ0v) is 26.7. The summed E-state index contributed by atoms with van der Waals surface area (Å²) < 4.78 is 12.8. The second-order valence-electron chi connectivity index (χ2n) is 12.4. The Kier molecular flexibility index (Phi) is 6.42. The third kappa shape index (κ3) is 4.67. The third-order valence-corrected chi connectivity index (χ3v) is 9.37. The number of hydrogen-bond acceptors (Lipinski definition) is 5. The van der Waals surface area contributed by atoms with Crippen molar-refractivity contribution in [2.24, 2.45) is 0 Å². The summed E-state index contributed by atoms with van der Waals surface area (Å²) >= 11 is 0. The number of aromatic nitrogens is 3. The highest BCUT2D eigenvalue weighted by molar-refractivity contribution is 6.18. The van der Waals surface area contributed by atoms with Gasteiger partial charge in [0, 0.05) is 38.2 Å². The Morgan fingerprint density at radius 3 is 1.52 bits per heavy atom. The van der Waals surface area contributed by atoms with Crippen molar-refractivity contribution in [3.8, 4) is 56.4 Å². The number of hydrogen-bond donors (Lipinski definition) is 0. The molecule has 0 spiro atoms. The van der Waals surface area contributed by atoms with Gasteiger partial charge < -0.3 is 8.83 Å². The number of fused-ring (bicyclic) bond motifs is 6. The zero-order chi connectivity index (χ0) is 33.0. The van der Waals surface area contributed by atoms with Crippen molar-refractivity contribution in [1.29, 1.82) is 0 Å². The Balaban J connectivity index is 1.17. The summed E-state index contributed by atoms with van der Waals surface area (Å²) in [5, 5.41) is 4.16. The molecule has 0 aliphatic carbocycles. The van der Waals surface area contributed by atoms with E-state index in [0.717, 1.165) is 82.8 Å². The van der Waals surface area contributed by atoms with Crippen LogP contribution in [0, 0.1) is 0 Å². The molecule has 10 aromatic rings. The first-order valence-electron chi connectivity index (χ1n) is 16.6. The van der Waals surface area contributed by atoms with Crippen LogP contribution in [0.25, 0.3) is 100 Å². The summed E-state index contributed by atoms with van der Waals surface area (Å²) in [6.45, 7) is 0. The van der Waals surface area contributed by atoms with E-state index in [1.54, 1.807) is 0 Å². The molecule has 0 saturated carbocycles. The van der Waals surface area contributed by atoms with Gasteiger partial charge in [-0.05, 0) is 52.6 Å². The Labute approximate surface area is 287 Å². The summed E-state index contributed by atoms with van der Waals surface area (Å²) in [5.74, 6) is 1.80. The van der Waals surface area contributed by atoms with Crippen molar-refractivity contribution in [3.63, 3.8) is 0 Å². The molecule has 0 N–H and O–H groups in total. The van der Waals surface area contributed by atoms with Crippen LogP contribution in [-0.4, -0.2) is 15.0 Å². The summed E-state index contributed by atoms with van der Waals surface area (Å²) in [6, 6.07) is 55.7. The van der Waals surface area contributed by atoms with Gasteiger partial charge in [0.25, 0.3) is 0 Å². The van der Waals surface area contributed by atoms with E-state index in [9.17, 15) is 0 Å². The lowest BCUT2D eigenvalue weighted by Gasteiger charge is -2.10. The van der Waals surface area contributed by atoms with Crippen LogP contribution >= 0.6 is 0 Å². The largest absolute Gasteiger partial charge is 0.456 e. The van der Waals surface area contributed by atoms with Crippen LogP contribution in [0.5, 0.6) is 0 Å². The normalized spacial score (nSPS) is 11.6. The highest BCUT2D eigenvalue weighted by atomic mass is 16.3. The maximum absolute atomic E-state index is 6.50. The molecule has 50 heavy (non-hydrogen) atoms. The van der Waals surface area contributed by atoms with Crippen LogP contribution in [0.4, 0.5) is 0 Å². The number of furan rings is 2. The molecule has 0 atom stereocenters. The summed E-state index contributed by atoms with van der Waals surface area (Å²) in [4.78, 5) is 15.2. The summed E-state index contributed by atoms with van der Waals surface area (Å²) in [5.41, 5.74) is 10.4. The average molecular weight is 642 g/mol. The van der Waals surface area contributed by atoms with Crippen LogP contribution < -0.4 is 0 Å². The molecule has 0 saturated heterocycles. The maximum Gasteiger partial charge on any atom is 0.164 e. The van der Waals surface area contributed by atoms with Crippen LogP contribution in [0.2, 0.25) is 0 Å². The monoisotopic (exact) mass is 641 g/mol. The molecule has 0 fully saturated rings. The Morgan fingerprint density at radius 1 is 0.300 bits per heavy atom. The van der Waals surface area contributed by atoms with Gasteiger partial charge in [-0.15, -0.1) is 0 Å². The molecular formula is C45H27N3O2. The molecule has 3 aromatic heterocycles. The van der Waals surface area contributed by atoms with Gasteiger partial charge in [-0.2, -0.15) is 0 Å². The molecule has 0 radical (unpaired) electrons. The van der Waals surface area contributed by atoms with E-state index in [4.69, 9.17) is 23.8 Å². The van der Waals surface area contributed by atoms with E-state index in [-0.39, 0.29) is 0 Å². The van der Waals surface area contributed by atoms with Crippen LogP contribution in [0.1, 0.15) is 0 Å². The third-order valence-electron chi connectivity index (χ3n) is 9.37. The quantitative estimate of drug-likeness (QED) is 0.187. The van der Waals surface area contributed by atoms with E-state index < -0.39 is 0 Å². The topological polar surface area (TPSA) is 65.0 Å². The van der Waals surface area contributed by atoms with E-state index in [0.29, 0.717) is 17.5 Å². The van der Waals surface area contributed by atoms with Gasteiger partial charge in [-0.3, -0.25) is 0 Å². The van der Waals surface area contributed by atoms with Crippen molar-refractivity contribution >= 4 is 43.9 Å². The van der Waals surface area contributed by atoms with Crippen molar-refractivity contribution in [2.45, 2.75) is 0 Å². The molecule has 3 heterocycles. The molecular weight excluding hydrogens is 615 g/mol. The molecule has 0 aliphatic rings. The second kappa shape index (κ2) is 11.4. The number of benzene rings is 7. The number of nitrogens with zero attached hydrogens (tertiary/aromatic N) is 3. The fraction of sp³-hybridized carbons (Fsp3) is 0. The minimum atomic E-state index is 0.580. The highest BCUT2D eigenvalue weighted by Gasteiger charge is 2.20. The minimum Gasteiger partial charge on any atom is -0.456 e. The van der Waals surface area contributed by atoms with Gasteiger partial charge >= 0.3 is 0 Å². The van der Waals surface area contributed by atoms with Crippen LogP contribution in [-0.2, 0) is 0 Å². The molecule has 0 amide bonds. The van der Waals surface area contributed by atoms with E-state index in [1.165, 1.54) is 0 Å². The smallest absolute Gasteiger partial charge is 0.164 e. The van der Waals surface area contributed by atoms with Gasteiger partial charge in [0.2, 0.25) is 0 Å². The fourth-order valence-corrected chi connectivity index (χ4v) is 6.97. The second-order valence-corrected chi connectivity index (χ2v) is 12.4. The molecule has 0 unspecified atom stereocenters. The lowest BCUT2D eigenvalue weighted by Crippen LogP contribution is -2.00. The number of para-hydroxylation sites is 1. The van der Waals surface area contributed by atoms with Gasteiger partial charge in [-0.1, -0.05) is 133 Å². The average Bonchev–Trinajstić information content (AvgIpc) is 3.77. The molecule has 7 aromatic carbocycles. The fourth-order valence-electron chi connectivity index (χ4n) is 6.97.